The SMILES string of the molecule is CC1(c2ccccc2)C(=O)N(c2ccc(C#N)c(C(F)(F)F)c2)C(=O)N1CCO. The number of aliphatic hydroxyl groups excluding tert-OH is 1. The van der Waals surface area contributed by atoms with Crippen LogP contribution in [0.4, 0.5) is 23.7 Å². The number of carbonyl (C=O) groups is 2. The zero-order valence-corrected chi connectivity index (χ0v) is 15.3. The lowest BCUT2D eigenvalue weighted by Gasteiger charge is -2.31. The third-order valence-electron chi connectivity index (χ3n) is 4.93. The molecule has 0 aliphatic carbocycles. The quantitative estimate of drug-likeness (QED) is 0.795. The van der Waals surface area contributed by atoms with E-state index in [1.54, 1.807) is 30.3 Å². The van der Waals surface area contributed by atoms with Crippen molar-refractivity contribution in [3.63, 3.8) is 0 Å². The van der Waals surface area contributed by atoms with Crippen LogP contribution in [-0.2, 0) is 16.5 Å². The number of urea groups is 1. The number of benzene rings is 2. The Morgan fingerprint density at radius 1 is 1.14 bits per heavy atom. The first-order valence-corrected chi connectivity index (χ1v) is 8.60. The molecule has 1 saturated heterocycles. The molecule has 150 valence electrons. The second-order valence-corrected chi connectivity index (χ2v) is 6.58. The van der Waals surface area contributed by atoms with E-state index in [1.165, 1.54) is 13.0 Å². The van der Waals surface area contributed by atoms with Gasteiger partial charge in [-0.25, -0.2) is 9.69 Å². The number of aliphatic hydroxyl groups is 1. The lowest BCUT2D eigenvalue weighted by Crippen LogP contribution is -2.45. The Morgan fingerprint density at radius 2 is 1.79 bits per heavy atom. The first-order chi connectivity index (χ1) is 13.7. The van der Waals surface area contributed by atoms with Gasteiger partial charge in [0.05, 0.1) is 29.5 Å². The normalized spacial score (nSPS) is 19.6. The number of hydrogen-bond acceptors (Lipinski definition) is 4. The van der Waals surface area contributed by atoms with Gasteiger partial charge < -0.3 is 10.0 Å². The van der Waals surface area contributed by atoms with Gasteiger partial charge in [-0.15, -0.1) is 0 Å². The Morgan fingerprint density at radius 3 is 2.34 bits per heavy atom. The number of amides is 3. The maximum atomic E-state index is 13.3. The van der Waals surface area contributed by atoms with Crippen LogP contribution in [0.3, 0.4) is 0 Å². The molecule has 1 N–H and O–H groups in total. The molecule has 0 radical (unpaired) electrons. The molecule has 3 rings (SSSR count). The van der Waals surface area contributed by atoms with Crippen LogP contribution >= 0.6 is 0 Å². The number of nitriles is 1. The highest BCUT2D eigenvalue weighted by atomic mass is 19.4. The van der Waals surface area contributed by atoms with Crippen molar-refractivity contribution in [2.24, 2.45) is 0 Å². The van der Waals surface area contributed by atoms with Gasteiger partial charge in [0.25, 0.3) is 5.91 Å². The van der Waals surface area contributed by atoms with Crippen molar-refractivity contribution in [1.82, 2.24) is 4.90 Å². The Kier molecular flexibility index (Phi) is 5.07. The molecule has 1 unspecified atom stereocenters. The van der Waals surface area contributed by atoms with Crippen LogP contribution in [0, 0.1) is 11.3 Å². The van der Waals surface area contributed by atoms with Gasteiger partial charge in [-0.1, -0.05) is 30.3 Å². The highest BCUT2D eigenvalue weighted by Crippen LogP contribution is 2.41. The van der Waals surface area contributed by atoms with Crippen molar-refractivity contribution in [3.8, 4) is 6.07 Å². The summed E-state index contributed by atoms with van der Waals surface area (Å²) in [5, 5.41) is 18.3. The summed E-state index contributed by atoms with van der Waals surface area (Å²) in [5.41, 5.74) is -3.20. The lowest BCUT2D eigenvalue weighted by molar-refractivity contribution is -0.137. The molecule has 2 aromatic rings. The molecule has 29 heavy (non-hydrogen) atoms. The van der Waals surface area contributed by atoms with Crippen LogP contribution in [0.5, 0.6) is 0 Å². The Balaban J connectivity index is 2.16. The average Bonchev–Trinajstić information content (AvgIpc) is 2.89. The highest BCUT2D eigenvalue weighted by Gasteiger charge is 2.55. The number of β-amino-alcohol motifs (C(OH)–C–C–N with tert-alkyl or cyclic N) is 1. The highest BCUT2D eigenvalue weighted by molar-refractivity contribution is 6.23. The second-order valence-electron chi connectivity index (χ2n) is 6.58. The third-order valence-corrected chi connectivity index (χ3v) is 4.93. The van der Waals surface area contributed by atoms with E-state index < -0.39 is 41.4 Å². The van der Waals surface area contributed by atoms with E-state index in [1.807, 2.05) is 0 Å². The van der Waals surface area contributed by atoms with E-state index in [0.29, 0.717) is 16.5 Å². The van der Waals surface area contributed by atoms with Gasteiger partial charge in [0.15, 0.2) is 0 Å². The van der Waals surface area contributed by atoms with Crippen LogP contribution in [0.2, 0.25) is 0 Å². The minimum Gasteiger partial charge on any atom is -0.395 e. The second kappa shape index (κ2) is 7.22. The van der Waals surface area contributed by atoms with Gasteiger partial charge in [-0.3, -0.25) is 4.79 Å². The van der Waals surface area contributed by atoms with Gasteiger partial charge in [0.2, 0.25) is 0 Å². The number of halogens is 3. The Labute approximate surface area is 164 Å². The molecule has 1 atom stereocenters. The minimum atomic E-state index is -4.83. The maximum absolute atomic E-state index is 13.3. The van der Waals surface area contributed by atoms with Crippen LogP contribution in [0.25, 0.3) is 0 Å². The van der Waals surface area contributed by atoms with Gasteiger partial charge in [0.1, 0.15) is 5.54 Å². The maximum Gasteiger partial charge on any atom is 0.417 e. The smallest absolute Gasteiger partial charge is 0.395 e. The van der Waals surface area contributed by atoms with Crippen molar-refractivity contribution in [3.05, 3.63) is 65.2 Å². The summed E-state index contributed by atoms with van der Waals surface area (Å²) < 4.78 is 40.0. The molecule has 0 spiro atoms. The number of imide groups is 1. The summed E-state index contributed by atoms with van der Waals surface area (Å²) in [5.74, 6) is -0.750. The third kappa shape index (κ3) is 3.21. The lowest BCUT2D eigenvalue weighted by atomic mass is 9.90. The topological polar surface area (TPSA) is 84.6 Å². The molecule has 1 fully saturated rings. The van der Waals surface area contributed by atoms with Crippen molar-refractivity contribution >= 4 is 17.6 Å². The Bertz CT molecular complexity index is 1000. The van der Waals surface area contributed by atoms with E-state index in [-0.39, 0.29) is 12.2 Å². The summed E-state index contributed by atoms with van der Waals surface area (Å²) in [4.78, 5) is 28.0. The van der Waals surface area contributed by atoms with Gasteiger partial charge in [-0.2, -0.15) is 18.4 Å². The first-order valence-electron chi connectivity index (χ1n) is 8.60. The van der Waals surface area contributed by atoms with E-state index in [0.717, 1.165) is 17.0 Å². The fraction of sp³-hybridized carbons (Fsp3) is 0.250. The predicted octanol–water partition coefficient (Wildman–Crippen LogP) is 3.25. The van der Waals surface area contributed by atoms with Crippen molar-refractivity contribution in [2.45, 2.75) is 18.6 Å². The van der Waals surface area contributed by atoms with Crippen LogP contribution in [0.1, 0.15) is 23.6 Å². The average molecular weight is 403 g/mol. The summed E-state index contributed by atoms with van der Waals surface area (Å²) in [6.07, 6.45) is -4.83. The summed E-state index contributed by atoms with van der Waals surface area (Å²) in [6.45, 7) is 0.859. The van der Waals surface area contributed by atoms with Gasteiger partial charge in [-0.05, 0) is 30.7 Å². The predicted molar refractivity (Wildman–Crippen MR) is 96.6 cm³/mol. The molecule has 0 aromatic heterocycles. The van der Waals surface area contributed by atoms with Crippen LogP contribution in [0.15, 0.2) is 48.5 Å². The molecule has 9 heteroatoms. The monoisotopic (exact) mass is 403 g/mol. The van der Waals surface area contributed by atoms with Gasteiger partial charge >= 0.3 is 12.2 Å². The molecule has 0 bridgehead atoms. The number of rotatable bonds is 4. The van der Waals surface area contributed by atoms with E-state index in [4.69, 9.17) is 5.26 Å². The minimum absolute atomic E-state index is 0.186. The molecular formula is C20H16F3N3O3. The zero-order chi connectivity index (χ0) is 21.4. The van der Waals surface area contributed by atoms with E-state index in [2.05, 4.69) is 0 Å². The fourth-order valence-corrected chi connectivity index (χ4v) is 3.42. The number of carbonyl (C=O) groups excluding carboxylic acids is 2. The molecule has 1 heterocycles. The summed E-state index contributed by atoms with van der Waals surface area (Å²) in [7, 11) is 0. The van der Waals surface area contributed by atoms with Crippen LogP contribution in [-0.4, -0.2) is 35.1 Å². The van der Waals surface area contributed by atoms with Crippen molar-refractivity contribution in [1.29, 1.82) is 5.26 Å². The van der Waals surface area contributed by atoms with Crippen molar-refractivity contribution < 1.29 is 27.9 Å². The molecule has 1 aliphatic rings. The number of hydrogen-bond donors (Lipinski definition) is 1. The molecule has 3 amide bonds. The number of anilines is 1. The van der Waals surface area contributed by atoms with Crippen molar-refractivity contribution in [2.75, 3.05) is 18.1 Å². The fourth-order valence-electron chi connectivity index (χ4n) is 3.42. The molecule has 1 aliphatic heterocycles. The number of nitrogens with zero attached hydrogens (tertiary/aromatic N) is 3. The van der Waals surface area contributed by atoms with E-state index in [9.17, 15) is 27.9 Å². The molecule has 0 saturated carbocycles. The summed E-state index contributed by atoms with van der Waals surface area (Å²) in [6, 6.07) is 11.6. The largest absolute Gasteiger partial charge is 0.417 e. The number of alkyl halides is 3. The van der Waals surface area contributed by atoms with Crippen LogP contribution < -0.4 is 4.90 Å². The molecular weight excluding hydrogens is 387 g/mol. The molecule has 6 nitrogen and oxygen atoms in total. The summed E-state index contributed by atoms with van der Waals surface area (Å²) >= 11 is 0. The molecule has 2 aromatic carbocycles. The Hall–Kier alpha value is -3.38. The zero-order valence-electron chi connectivity index (χ0n) is 15.3. The van der Waals surface area contributed by atoms with E-state index >= 15 is 0 Å². The standard InChI is InChI=1S/C20H16F3N3O3/c1-19(14-5-3-2-4-6-14)17(28)26(18(29)25(19)9-10-27)15-8-7-13(12-24)16(11-15)20(21,22)23/h2-8,11,27H,9-10H2,1H3. The van der Waals surface area contributed by atoms with Gasteiger partial charge in [0, 0.05) is 6.54 Å². The first kappa shape index (κ1) is 20.4.